The fourth-order valence-electron chi connectivity index (χ4n) is 0.705. The highest BCUT2D eigenvalue weighted by Gasteiger charge is 1.99. The summed E-state index contributed by atoms with van der Waals surface area (Å²) < 4.78 is 4.93. The molecule has 0 heterocycles. The first-order chi connectivity index (χ1) is 4.26. The predicted molar refractivity (Wildman–Crippen MR) is 39.1 cm³/mol. The molecule has 0 rings (SSSR count). The van der Waals surface area contributed by atoms with Crippen molar-refractivity contribution >= 4 is 0 Å². The number of ether oxygens (including phenoxy) is 1. The zero-order chi connectivity index (χ0) is 7.28. The highest BCUT2D eigenvalue weighted by Crippen LogP contribution is 1.99. The molecule has 0 aromatic rings. The molecule has 0 aliphatic heterocycles. The van der Waals surface area contributed by atoms with E-state index in [1.165, 1.54) is 0 Å². The number of hydrogen-bond donors (Lipinski definition) is 0. The lowest BCUT2D eigenvalue weighted by Gasteiger charge is -2.20. The predicted octanol–water partition coefficient (Wildman–Crippen LogP) is 1.45. The van der Waals surface area contributed by atoms with Gasteiger partial charge < -0.3 is 9.64 Å². The van der Waals surface area contributed by atoms with Crippen LogP contribution >= 0.6 is 0 Å². The topological polar surface area (TPSA) is 12.5 Å². The fraction of sp³-hybridized carbons (Fsp3) is 0.714. The molecule has 0 radical (unpaired) electrons. The molecule has 0 atom stereocenters. The van der Waals surface area contributed by atoms with Gasteiger partial charge in [0.25, 0.3) is 0 Å². The van der Waals surface area contributed by atoms with Crippen molar-refractivity contribution in [3.8, 4) is 0 Å². The second-order valence-electron chi connectivity index (χ2n) is 1.77. The largest absolute Gasteiger partial charge is 0.483 e. The van der Waals surface area contributed by atoms with Crippen LogP contribution in [0, 0.1) is 0 Å². The monoisotopic (exact) mass is 129 g/mol. The highest BCUT2D eigenvalue weighted by atomic mass is 16.5. The lowest BCUT2D eigenvalue weighted by Crippen LogP contribution is -2.22. The molecular weight excluding hydrogens is 114 g/mol. The van der Waals surface area contributed by atoms with Crippen molar-refractivity contribution in [3.05, 3.63) is 12.5 Å². The molecular formula is C7H15NO. The summed E-state index contributed by atoms with van der Waals surface area (Å²) in [5.74, 6) is 0.750. The first-order valence-electron chi connectivity index (χ1n) is 3.24. The molecule has 0 amide bonds. The average molecular weight is 129 g/mol. The van der Waals surface area contributed by atoms with Gasteiger partial charge in [0.1, 0.15) is 0 Å². The summed E-state index contributed by atoms with van der Waals surface area (Å²) in [5, 5.41) is 0. The highest BCUT2D eigenvalue weighted by molar-refractivity contribution is 4.80. The summed E-state index contributed by atoms with van der Waals surface area (Å²) in [6, 6.07) is 0. The van der Waals surface area contributed by atoms with Gasteiger partial charge >= 0.3 is 0 Å². The van der Waals surface area contributed by atoms with Crippen LogP contribution in [-0.2, 0) is 4.74 Å². The molecule has 0 N–H and O–H groups in total. The minimum Gasteiger partial charge on any atom is -0.483 e. The zero-order valence-electron chi connectivity index (χ0n) is 6.48. The van der Waals surface area contributed by atoms with Gasteiger partial charge in [0.2, 0.25) is 0 Å². The van der Waals surface area contributed by atoms with Crippen LogP contribution in [0.3, 0.4) is 0 Å². The van der Waals surface area contributed by atoms with E-state index >= 15 is 0 Å². The van der Waals surface area contributed by atoms with Crippen LogP contribution in [0.1, 0.15) is 13.8 Å². The average Bonchev–Trinajstić information content (AvgIpc) is 1.90. The molecule has 0 aromatic heterocycles. The Morgan fingerprint density at radius 2 is 1.89 bits per heavy atom. The van der Waals surface area contributed by atoms with Crippen molar-refractivity contribution in [2.75, 3.05) is 20.2 Å². The summed E-state index contributed by atoms with van der Waals surface area (Å²) in [7, 11) is 1.64. The van der Waals surface area contributed by atoms with Gasteiger partial charge in [-0.15, -0.1) is 0 Å². The van der Waals surface area contributed by atoms with Crippen molar-refractivity contribution in [2.24, 2.45) is 0 Å². The lowest BCUT2D eigenvalue weighted by atomic mass is 10.5. The SMILES string of the molecule is C=C(OC)N(CC)CC. The molecule has 9 heavy (non-hydrogen) atoms. The van der Waals surface area contributed by atoms with E-state index in [4.69, 9.17) is 4.74 Å². The molecule has 2 heteroatoms. The minimum absolute atomic E-state index is 0.750. The Balaban J connectivity index is 3.64. The van der Waals surface area contributed by atoms with Gasteiger partial charge in [-0.1, -0.05) is 0 Å². The van der Waals surface area contributed by atoms with Crippen LogP contribution in [0.5, 0.6) is 0 Å². The van der Waals surface area contributed by atoms with Gasteiger partial charge in [-0.05, 0) is 20.4 Å². The molecule has 0 unspecified atom stereocenters. The zero-order valence-corrected chi connectivity index (χ0v) is 6.48. The third kappa shape index (κ3) is 2.40. The molecule has 2 nitrogen and oxygen atoms in total. The second kappa shape index (κ2) is 4.24. The second-order valence-corrected chi connectivity index (χ2v) is 1.77. The first kappa shape index (κ1) is 8.34. The Bertz CT molecular complexity index is 86.9. The summed E-state index contributed by atoms with van der Waals surface area (Å²) >= 11 is 0. The molecule has 54 valence electrons. The van der Waals surface area contributed by atoms with Crippen LogP contribution in [-0.4, -0.2) is 25.1 Å². The molecule has 0 bridgehead atoms. The third-order valence-electron chi connectivity index (χ3n) is 1.35. The Morgan fingerprint density at radius 3 is 2.00 bits per heavy atom. The third-order valence-corrected chi connectivity index (χ3v) is 1.35. The van der Waals surface area contributed by atoms with E-state index in [-0.39, 0.29) is 0 Å². The van der Waals surface area contributed by atoms with E-state index in [0.717, 1.165) is 19.0 Å². The van der Waals surface area contributed by atoms with Gasteiger partial charge in [0, 0.05) is 13.1 Å². The number of rotatable bonds is 4. The van der Waals surface area contributed by atoms with Gasteiger partial charge in [0.05, 0.1) is 7.11 Å². The first-order valence-corrected chi connectivity index (χ1v) is 3.24. The molecule has 0 aliphatic rings. The van der Waals surface area contributed by atoms with Crippen LogP contribution in [0.4, 0.5) is 0 Å². The Hall–Kier alpha value is -0.660. The molecule has 0 saturated heterocycles. The summed E-state index contributed by atoms with van der Waals surface area (Å²) in [4.78, 5) is 2.06. The molecule has 0 spiro atoms. The standard InChI is InChI=1S/C7H15NO/c1-5-8(6-2)7(3)9-4/h3,5-6H2,1-2,4H3. The van der Waals surface area contributed by atoms with Gasteiger partial charge in [-0.3, -0.25) is 0 Å². The maximum Gasteiger partial charge on any atom is 0.181 e. The van der Waals surface area contributed by atoms with Crippen LogP contribution in [0.15, 0.2) is 12.5 Å². The van der Waals surface area contributed by atoms with E-state index in [9.17, 15) is 0 Å². The van der Waals surface area contributed by atoms with Crippen molar-refractivity contribution in [1.82, 2.24) is 4.90 Å². The number of methoxy groups -OCH3 is 1. The van der Waals surface area contributed by atoms with Crippen molar-refractivity contribution in [3.63, 3.8) is 0 Å². The van der Waals surface area contributed by atoms with E-state index in [0.29, 0.717) is 0 Å². The minimum atomic E-state index is 0.750. The van der Waals surface area contributed by atoms with Gasteiger partial charge in [-0.25, -0.2) is 0 Å². The van der Waals surface area contributed by atoms with E-state index in [1.54, 1.807) is 7.11 Å². The Kier molecular flexibility index (Phi) is 3.93. The van der Waals surface area contributed by atoms with Crippen molar-refractivity contribution in [1.29, 1.82) is 0 Å². The normalized spacial score (nSPS) is 8.78. The van der Waals surface area contributed by atoms with Crippen molar-refractivity contribution in [2.45, 2.75) is 13.8 Å². The summed E-state index contributed by atoms with van der Waals surface area (Å²) in [6.45, 7) is 9.80. The lowest BCUT2D eigenvalue weighted by molar-refractivity contribution is 0.164. The Labute approximate surface area is 57.1 Å². The van der Waals surface area contributed by atoms with E-state index in [2.05, 4.69) is 25.3 Å². The summed E-state index contributed by atoms with van der Waals surface area (Å²) in [6.07, 6.45) is 0. The number of nitrogens with zero attached hydrogens (tertiary/aromatic N) is 1. The van der Waals surface area contributed by atoms with Crippen LogP contribution in [0.2, 0.25) is 0 Å². The van der Waals surface area contributed by atoms with Gasteiger partial charge in [0.15, 0.2) is 5.88 Å². The molecule has 0 fully saturated rings. The molecule has 0 aliphatic carbocycles. The fourth-order valence-corrected chi connectivity index (χ4v) is 0.705. The van der Waals surface area contributed by atoms with Crippen molar-refractivity contribution < 1.29 is 4.74 Å². The maximum absolute atomic E-state index is 4.93. The maximum atomic E-state index is 4.93. The Morgan fingerprint density at radius 1 is 1.44 bits per heavy atom. The quantitative estimate of drug-likeness (QED) is 0.533. The van der Waals surface area contributed by atoms with Crippen LogP contribution in [0.25, 0.3) is 0 Å². The number of hydrogen-bond acceptors (Lipinski definition) is 2. The van der Waals surface area contributed by atoms with Crippen LogP contribution < -0.4 is 0 Å². The molecule has 0 saturated carbocycles. The molecule has 0 aromatic carbocycles. The summed E-state index contributed by atoms with van der Waals surface area (Å²) in [5.41, 5.74) is 0. The van der Waals surface area contributed by atoms with E-state index < -0.39 is 0 Å². The van der Waals surface area contributed by atoms with Gasteiger partial charge in [-0.2, -0.15) is 0 Å². The smallest absolute Gasteiger partial charge is 0.181 e. The van der Waals surface area contributed by atoms with E-state index in [1.807, 2.05) is 0 Å².